The molecule has 5 heteroatoms. The minimum Gasteiger partial charge on any atom is -0.363 e. The highest BCUT2D eigenvalue weighted by molar-refractivity contribution is 5.73. The molecule has 5 nitrogen and oxygen atoms in total. The van der Waals surface area contributed by atoms with Crippen LogP contribution in [0, 0.1) is 0 Å². The zero-order valence-corrected chi connectivity index (χ0v) is 11.5. The summed E-state index contributed by atoms with van der Waals surface area (Å²) in [7, 11) is 3.96. The fraction of sp³-hybridized carbons (Fsp3) is 0.538. The Morgan fingerprint density at radius 1 is 1.33 bits per heavy atom. The lowest BCUT2D eigenvalue weighted by atomic mass is 10.2. The minimum absolute atomic E-state index is 0.503. The third-order valence-electron chi connectivity index (χ3n) is 3.07. The lowest BCUT2D eigenvalue weighted by Crippen LogP contribution is -2.24. The molecule has 0 fully saturated rings. The summed E-state index contributed by atoms with van der Waals surface area (Å²) >= 11 is 0. The van der Waals surface area contributed by atoms with Gasteiger partial charge in [0, 0.05) is 20.1 Å². The predicted octanol–water partition coefficient (Wildman–Crippen LogP) is 1.91. The van der Waals surface area contributed by atoms with Crippen LogP contribution in [-0.2, 0) is 6.54 Å². The summed E-state index contributed by atoms with van der Waals surface area (Å²) in [4.78, 5) is 14.3. The number of anilines is 1. The van der Waals surface area contributed by atoms with Gasteiger partial charge in [0.1, 0.15) is 11.6 Å². The zero-order valence-electron chi connectivity index (χ0n) is 11.5. The maximum atomic E-state index is 4.51. The van der Waals surface area contributed by atoms with E-state index in [1.807, 2.05) is 31.1 Å². The van der Waals surface area contributed by atoms with Crippen molar-refractivity contribution < 1.29 is 0 Å². The van der Waals surface area contributed by atoms with E-state index in [0.717, 1.165) is 35.8 Å². The molecule has 98 valence electrons. The van der Waals surface area contributed by atoms with Crippen LogP contribution < -0.4 is 10.2 Å². The minimum atomic E-state index is 0.503. The van der Waals surface area contributed by atoms with Crippen LogP contribution in [0.1, 0.15) is 26.1 Å². The molecule has 2 aromatic heterocycles. The van der Waals surface area contributed by atoms with Crippen molar-refractivity contribution in [2.24, 2.45) is 0 Å². The van der Waals surface area contributed by atoms with Gasteiger partial charge in [0.15, 0.2) is 5.65 Å². The Kier molecular flexibility index (Phi) is 3.81. The lowest BCUT2D eigenvalue weighted by molar-refractivity contribution is 0.525. The first-order valence-electron chi connectivity index (χ1n) is 6.36. The molecule has 0 spiro atoms. The molecular formula is C13H21N5. The first-order valence-corrected chi connectivity index (χ1v) is 6.36. The Hall–Kier alpha value is -1.62. The summed E-state index contributed by atoms with van der Waals surface area (Å²) in [6.07, 6.45) is 1.11. The fourth-order valence-electron chi connectivity index (χ4n) is 1.68. The first kappa shape index (κ1) is 12.8. The molecular weight excluding hydrogens is 226 g/mol. The molecule has 2 aromatic rings. The highest BCUT2D eigenvalue weighted by Gasteiger charge is 2.06. The van der Waals surface area contributed by atoms with E-state index in [4.69, 9.17) is 0 Å². The number of rotatable bonds is 5. The molecule has 0 aliphatic carbocycles. The number of aromatic nitrogens is 3. The summed E-state index contributed by atoms with van der Waals surface area (Å²) in [5.74, 6) is 1.86. The number of H-pyrrole nitrogens is 1. The van der Waals surface area contributed by atoms with Crippen LogP contribution in [-0.4, -0.2) is 35.1 Å². The van der Waals surface area contributed by atoms with Crippen molar-refractivity contribution in [2.45, 2.75) is 32.9 Å². The number of nitrogens with one attached hydrogen (secondary N) is 2. The topological polar surface area (TPSA) is 56.8 Å². The standard InChI is InChI=1S/C13H21N5/c1-5-9(2)14-8-11-15-10-6-7-12(18(3)4)17-13(10)16-11/h6-7,9,14H,5,8H2,1-4H3,(H,15,16,17). The van der Waals surface area contributed by atoms with Crippen LogP contribution in [0.5, 0.6) is 0 Å². The third-order valence-corrected chi connectivity index (χ3v) is 3.07. The van der Waals surface area contributed by atoms with E-state index in [9.17, 15) is 0 Å². The van der Waals surface area contributed by atoms with E-state index >= 15 is 0 Å². The van der Waals surface area contributed by atoms with Crippen LogP contribution in [0.2, 0.25) is 0 Å². The van der Waals surface area contributed by atoms with Gasteiger partial charge in [-0.15, -0.1) is 0 Å². The van der Waals surface area contributed by atoms with Gasteiger partial charge >= 0.3 is 0 Å². The second-order valence-electron chi connectivity index (χ2n) is 4.81. The highest BCUT2D eigenvalue weighted by Crippen LogP contribution is 2.14. The van der Waals surface area contributed by atoms with Gasteiger partial charge in [-0.25, -0.2) is 9.97 Å². The van der Waals surface area contributed by atoms with E-state index in [2.05, 4.69) is 34.1 Å². The molecule has 0 bridgehead atoms. The van der Waals surface area contributed by atoms with E-state index in [-0.39, 0.29) is 0 Å². The van der Waals surface area contributed by atoms with E-state index in [0.29, 0.717) is 6.04 Å². The Bertz CT molecular complexity index is 517. The molecule has 2 rings (SSSR count). The molecule has 1 atom stereocenters. The maximum Gasteiger partial charge on any atom is 0.179 e. The van der Waals surface area contributed by atoms with Crippen molar-refractivity contribution in [3.63, 3.8) is 0 Å². The highest BCUT2D eigenvalue weighted by atomic mass is 15.2. The van der Waals surface area contributed by atoms with E-state index < -0.39 is 0 Å². The summed E-state index contributed by atoms with van der Waals surface area (Å²) in [5, 5.41) is 3.41. The van der Waals surface area contributed by atoms with Crippen LogP contribution in [0.25, 0.3) is 11.2 Å². The molecule has 0 aromatic carbocycles. The SMILES string of the molecule is CCC(C)NCc1nc2nc(N(C)C)ccc2[nH]1. The molecule has 2 heterocycles. The van der Waals surface area contributed by atoms with Crippen LogP contribution in [0.15, 0.2) is 12.1 Å². The normalized spacial score (nSPS) is 12.9. The number of hydrogen-bond donors (Lipinski definition) is 2. The first-order chi connectivity index (χ1) is 8.60. The summed E-state index contributed by atoms with van der Waals surface area (Å²) in [6, 6.07) is 4.52. The predicted molar refractivity (Wildman–Crippen MR) is 74.8 cm³/mol. The maximum absolute atomic E-state index is 4.51. The van der Waals surface area contributed by atoms with E-state index in [1.165, 1.54) is 0 Å². The van der Waals surface area contributed by atoms with Gasteiger partial charge in [0.25, 0.3) is 0 Å². The number of fused-ring (bicyclic) bond motifs is 1. The Balaban J connectivity index is 2.17. The van der Waals surface area contributed by atoms with Gasteiger partial charge in [-0.2, -0.15) is 0 Å². The van der Waals surface area contributed by atoms with Crippen molar-refractivity contribution in [3.05, 3.63) is 18.0 Å². The van der Waals surface area contributed by atoms with Gasteiger partial charge in [0.05, 0.1) is 12.1 Å². The summed E-state index contributed by atoms with van der Waals surface area (Å²) in [5.41, 5.74) is 1.77. The second-order valence-corrected chi connectivity index (χ2v) is 4.81. The molecule has 0 radical (unpaired) electrons. The number of aromatic amines is 1. The van der Waals surface area contributed by atoms with Crippen LogP contribution in [0.3, 0.4) is 0 Å². The van der Waals surface area contributed by atoms with Crippen molar-refractivity contribution in [3.8, 4) is 0 Å². The van der Waals surface area contributed by atoms with Gasteiger partial charge in [0.2, 0.25) is 0 Å². The molecule has 1 unspecified atom stereocenters. The molecule has 0 saturated heterocycles. The molecule has 18 heavy (non-hydrogen) atoms. The number of nitrogens with zero attached hydrogens (tertiary/aromatic N) is 3. The number of hydrogen-bond acceptors (Lipinski definition) is 4. The van der Waals surface area contributed by atoms with Gasteiger partial charge in [-0.1, -0.05) is 6.92 Å². The van der Waals surface area contributed by atoms with Gasteiger partial charge < -0.3 is 15.2 Å². The zero-order chi connectivity index (χ0) is 13.1. The largest absolute Gasteiger partial charge is 0.363 e. The van der Waals surface area contributed by atoms with E-state index in [1.54, 1.807) is 0 Å². The van der Waals surface area contributed by atoms with Crippen molar-refractivity contribution in [1.82, 2.24) is 20.3 Å². The molecule has 0 aliphatic rings. The number of imidazole rings is 1. The molecule has 0 saturated carbocycles. The molecule has 2 N–H and O–H groups in total. The third kappa shape index (κ3) is 2.79. The molecule has 0 aliphatic heterocycles. The van der Waals surface area contributed by atoms with Gasteiger partial charge in [-0.05, 0) is 25.5 Å². The second kappa shape index (κ2) is 5.35. The van der Waals surface area contributed by atoms with Crippen molar-refractivity contribution in [2.75, 3.05) is 19.0 Å². The van der Waals surface area contributed by atoms with Crippen LogP contribution >= 0.6 is 0 Å². The Morgan fingerprint density at radius 2 is 2.11 bits per heavy atom. The van der Waals surface area contributed by atoms with Crippen molar-refractivity contribution in [1.29, 1.82) is 0 Å². The van der Waals surface area contributed by atoms with Crippen molar-refractivity contribution >= 4 is 17.0 Å². The number of pyridine rings is 1. The average molecular weight is 247 g/mol. The fourth-order valence-corrected chi connectivity index (χ4v) is 1.68. The Morgan fingerprint density at radius 3 is 2.78 bits per heavy atom. The Labute approximate surface area is 108 Å². The summed E-state index contributed by atoms with van der Waals surface area (Å²) in [6.45, 7) is 5.09. The van der Waals surface area contributed by atoms with Gasteiger partial charge in [-0.3, -0.25) is 0 Å². The van der Waals surface area contributed by atoms with Crippen LogP contribution in [0.4, 0.5) is 5.82 Å². The molecule has 0 amide bonds. The quantitative estimate of drug-likeness (QED) is 0.847. The monoisotopic (exact) mass is 247 g/mol. The smallest absolute Gasteiger partial charge is 0.179 e. The lowest BCUT2D eigenvalue weighted by Gasteiger charge is -2.09. The summed E-state index contributed by atoms with van der Waals surface area (Å²) < 4.78 is 0. The average Bonchev–Trinajstić information content (AvgIpc) is 2.77.